The van der Waals surface area contributed by atoms with Gasteiger partial charge in [-0.1, -0.05) is 20.8 Å². The van der Waals surface area contributed by atoms with E-state index < -0.39 is 0 Å². The molecule has 2 bridgehead atoms. The van der Waals surface area contributed by atoms with Crippen LogP contribution in [0.1, 0.15) is 51.6 Å². The standard InChI is InChI=1S/C16H25NO/c1-11-5-6-13(18-11)10-17-14-15(2,3)12-7-8-16(14,4)9-12/h5-6,12,14,17H,7-10H2,1-4H3. The van der Waals surface area contributed by atoms with Crippen molar-refractivity contribution in [2.75, 3.05) is 0 Å². The molecule has 2 heteroatoms. The van der Waals surface area contributed by atoms with Crippen LogP contribution in [0.3, 0.4) is 0 Å². The van der Waals surface area contributed by atoms with Crippen molar-refractivity contribution in [3.63, 3.8) is 0 Å². The Morgan fingerprint density at radius 3 is 2.67 bits per heavy atom. The Kier molecular flexibility index (Phi) is 2.64. The summed E-state index contributed by atoms with van der Waals surface area (Å²) in [6.45, 7) is 10.2. The average Bonchev–Trinajstić information content (AvgIpc) is 2.89. The first-order valence-electron chi connectivity index (χ1n) is 7.20. The van der Waals surface area contributed by atoms with Crippen molar-refractivity contribution in [3.8, 4) is 0 Å². The molecule has 1 N–H and O–H groups in total. The highest BCUT2D eigenvalue weighted by Crippen LogP contribution is 2.62. The third kappa shape index (κ3) is 1.73. The molecule has 0 aromatic carbocycles. The Morgan fingerprint density at radius 1 is 1.33 bits per heavy atom. The minimum atomic E-state index is 0.425. The van der Waals surface area contributed by atoms with Crippen molar-refractivity contribution in [2.24, 2.45) is 16.7 Å². The summed E-state index contributed by atoms with van der Waals surface area (Å²) >= 11 is 0. The van der Waals surface area contributed by atoms with E-state index in [9.17, 15) is 0 Å². The zero-order valence-electron chi connectivity index (χ0n) is 12.0. The zero-order valence-corrected chi connectivity index (χ0v) is 12.0. The predicted octanol–water partition coefficient (Wildman–Crippen LogP) is 3.89. The Bertz CT molecular complexity index is 443. The molecule has 3 unspecified atom stereocenters. The smallest absolute Gasteiger partial charge is 0.117 e. The van der Waals surface area contributed by atoms with Crippen LogP contribution in [-0.4, -0.2) is 6.04 Å². The van der Waals surface area contributed by atoms with E-state index in [0.717, 1.165) is 24.0 Å². The summed E-state index contributed by atoms with van der Waals surface area (Å²) in [7, 11) is 0. The molecule has 2 saturated carbocycles. The van der Waals surface area contributed by atoms with Gasteiger partial charge < -0.3 is 9.73 Å². The lowest BCUT2D eigenvalue weighted by atomic mass is 9.68. The fourth-order valence-corrected chi connectivity index (χ4v) is 4.59. The van der Waals surface area contributed by atoms with Crippen molar-refractivity contribution >= 4 is 0 Å². The van der Waals surface area contributed by atoms with Gasteiger partial charge in [0.1, 0.15) is 11.5 Å². The average molecular weight is 247 g/mol. The summed E-state index contributed by atoms with van der Waals surface area (Å²) in [6.07, 6.45) is 4.20. The molecule has 0 radical (unpaired) electrons. The largest absolute Gasteiger partial charge is 0.465 e. The van der Waals surface area contributed by atoms with E-state index in [0.29, 0.717) is 16.9 Å². The van der Waals surface area contributed by atoms with Crippen LogP contribution in [0.25, 0.3) is 0 Å². The second-order valence-electron chi connectivity index (χ2n) is 7.24. The molecule has 3 atom stereocenters. The van der Waals surface area contributed by atoms with Crippen molar-refractivity contribution in [3.05, 3.63) is 23.7 Å². The Labute approximate surface area is 110 Å². The molecule has 0 aliphatic heterocycles. The lowest BCUT2D eigenvalue weighted by molar-refractivity contribution is 0.106. The van der Waals surface area contributed by atoms with Crippen molar-refractivity contribution in [1.29, 1.82) is 0 Å². The third-order valence-corrected chi connectivity index (χ3v) is 5.55. The van der Waals surface area contributed by atoms with E-state index in [-0.39, 0.29) is 0 Å². The number of rotatable bonds is 3. The van der Waals surface area contributed by atoms with E-state index >= 15 is 0 Å². The second-order valence-corrected chi connectivity index (χ2v) is 7.24. The normalized spacial score (nSPS) is 37.3. The molecule has 1 aromatic rings. The fraction of sp³-hybridized carbons (Fsp3) is 0.750. The van der Waals surface area contributed by atoms with Gasteiger partial charge in [-0.15, -0.1) is 0 Å². The summed E-state index contributed by atoms with van der Waals surface area (Å²) in [6, 6.07) is 4.75. The molecule has 2 fully saturated rings. The molecule has 0 saturated heterocycles. The number of hydrogen-bond donors (Lipinski definition) is 1. The molecule has 18 heavy (non-hydrogen) atoms. The minimum absolute atomic E-state index is 0.425. The molecule has 3 rings (SSSR count). The summed E-state index contributed by atoms with van der Waals surface area (Å²) in [5.41, 5.74) is 0.921. The van der Waals surface area contributed by atoms with Crippen LogP contribution in [0, 0.1) is 23.7 Å². The highest BCUT2D eigenvalue weighted by atomic mass is 16.3. The lowest BCUT2D eigenvalue weighted by Crippen LogP contribution is -2.49. The van der Waals surface area contributed by atoms with Gasteiger partial charge in [-0.3, -0.25) is 0 Å². The molecule has 2 aliphatic carbocycles. The monoisotopic (exact) mass is 247 g/mol. The van der Waals surface area contributed by atoms with Gasteiger partial charge in [0.15, 0.2) is 0 Å². The van der Waals surface area contributed by atoms with Gasteiger partial charge in [-0.2, -0.15) is 0 Å². The Balaban J connectivity index is 1.72. The summed E-state index contributed by atoms with van der Waals surface area (Å²) in [4.78, 5) is 0. The molecule has 1 heterocycles. The third-order valence-electron chi connectivity index (χ3n) is 5.55. The van der Waals surface area contributed by atoms with Gasteiger partial charge in [0.05, 0.1) is 6.54 Å². The van der Waals surface area contributed by atoms with Gasteiger partial charge >= 0.3 is 0 Å². The molecule has 0 amide bonds. The van der Waals surface area contributed by atoms with E-state index in [1.54, 1.807) is 0 Å². The van der Waals surface area contributed by atoms with Crippen molar-refractivity contribution < 1.29 is 4.42 Å². The minimum Gasteiger partial charge on any atom is -0.465 e. The zero-order chi connectivity index (χ0) is 13.0. The van der Waals surface area contributed by atoms with Gasteiger partial charge in [-0.25, -0.2) is 0 Å². The summed E-state index contributed by atoms with van der Waals surface area (Å²) in [5.74, 6) is 2.97. The van der Waals surface area contributed by atoms with E-state index in [4.69, 9.17) is 4.42 Å². The maximum absolute atomic E-state index is 5.66. The first-order chi connectivity index (χ1) is 8.42. The fourth-order valence-electron chi connectivity index (χ4n) is 4.59. The number of aryl methyl sites for hydroxylation is 1. The van der Waals surface area contributed by atoms with Crippen LogP contribution in [0.4, 0.5) is 0 Å². The van der Waals surface area contributed by atoms with E-state index in [2.05, 4.69) is 32.2 Å². The number of furan rings is 1. The van der Waals surface area contributed by atoms with E-state index in [1.165, 1.54) is 19.3 Å². The number of fused-ring (bicyclic) bond motifs is 2. The molecular formula is C16H25NO. The maximum atomic E-state index is 5.66. The first-order valence-corrected chi connectivity index (χ1v) is 7.20. The molecule has 0 spiro atoms. The van der Waals surface area contributed by atoms with Crippen LogP contribution in [0.5, 0.6) is 0 Å². The van der Waals surface area contributed by atoms with Crippen molar-refractivity contribution in [1.82, 2.24) is 5.32 Å². The second kappa shape index (κ2) is 3.86. The van der Waals surface area contributed by atoms with Crippen LogP contribution in [0.2, 0.25) is 0 Å². The van der Waals surface area contributed by atoms with Crippen LogP contribution in [0.15, 0.2) is 16.5 Å². The van der Waals surface area contributed by atoms with Gasteiger partial charge in [0.2, 0.25) is 0 Å². The maximum Gasteiger partial charge on any atom is 0.117 e. The van der Waals surface area contributed by atoms with Crippen molar-refractivity contribution in [2.45, 2.75) is 59.5 Å². The van der Waals surface area contributed by atoms with E-state index in [1.807, 2.05) is 13.0 Å². The topological polar surface area (TPSA) is 25.2 Å². The summed E-state index contributed by atoms with van der Waals surface area (Å²) in [5, 5.41) is 3.78. The number of nitrogens with one attached hydrogen (secondary N) is 1. The van der Waals surface area contributed by atoms with Gasteiger partial charge in [-0.05, 0) is 55.1 Å². The van der Waals surface area contributed by atoms with Gasteiger partial charge in [0, 0.05) is 6.04 Å². The molecule has 2 aliphatic rings. The Hall–Kier alpha value is -0.760. The molecular weight excluding hydrogens is 222 g/mol. The highest BCUT2D eigenvalue weighted by molar-refractivity contribution is 5.13. The molecule has 2 nitrogen and oxygen atoms in total. The van der Waals surface area contributed by atoms with Crippen LogP contribution < -0.4 is 5.32 Å². The molecule has 100 valence electrons. The predicted molar refractivity (Wildman–Crippen MR) is 73.3 cm³/mol. The first kappa shape index (κ1) is 12.3. The highest BCUT2D eigenvalue weighted by Gasteiger charge is 2.58. The molecule has 1 aromatic heterocycles. The number of hydrogen-bond acceptors (Lipinski definition) is 2. The van der Waals surface area contributed by atoms with Crippen LogP contribution in [-0.2, 0) is 6.54 Å². The Morgan fingerprint density at radius 2 is 2.11 bits per heavy atom. The van der Waals surface area contributed by atoms with Crippen LogP contribution >= 0.6 is 0 Å². The lowest BCUT2D eigenvalue weighted by Gasteiger charge is -2.43. The quantitative estimate of drug-likeness (QED) is 0.876. The summed E-state index contributed by atoms with van der Waals surface area (Å²) < 4.78 is 5.66. The van der Waals surface area contributed by atoms with Gasteiger partial charge in [0.25, 0.3) is 0 Å². The SMILES string of the molecule is Cc1ccc(CNC2C3(C)CCC(C3)C2(C)C)o1.